The zero-order valence-corrected chi connectivity index (χ0v) is 22.6. The molecule has 9 heteroatoms. The number of pyridine rings is 1. The molecular weight excluding hydrogens is 518 g/mol. The molecule has 4 aromatic rings. The molecule has 2 aromatic heterocycles. The van der Waals surface area contributed by atoms with E-state index in [1.807, 2.05) is 48.5 Å². The van der Waals surface area contributed by atoms with Crippen molar-refractivity contribution in [3.63, 3.8) is 0 Å². The number of nitrogens with one attached hydrogen (secondary N) is 2. The van der Waals surface area contributed by atoms with Crippen LogP contribution in [0.15, 0.2) is 65.6 Å². The van der Waals surface area contributed by atoms with Gasteiger partial charge < -0.3 is 15.4 Å². The Balaban J connectivity index is 1.23. The van der Waals surface area contributed by atoms with Gasteiger partial charge in [0.05, 0.1) is 11.6 Å². The van der Waals surface area contributed by atoms with Gasteiger partial charge in [-0.3, -0.25) is 19.0 Å². The van der Waals surface area contributed by atoms with Crippen molar-refractivity contribution < 1.29 is 14.3 Å². The van der Waals surface area contributed by atoms with Crippen molar-refractivity contribution >= 4 is 34.2 Å². The van der Waals surface area contributed by atoms with E-state index in [1.165, 1.54) is 0 Å². The Morgan fingerprint density at radius 3 is 2.54 bits per heavy atom. The molecule has 0 radical (unpaired) electrons. The monoisotopic (exact) mass is 549 g/mol. The second-order valence-corrected chi connectivity index (χ2v) is 11.2. The third kappa shape index (κ3) is 5.13. The molecule has 2 N–H and O–H groups in total. The van der Waals surface area contributed by atoms with Crippen molar-refractivity contribution in [3.05, 3.63) is 87.8 Å². The predicted molar refractivity (Wildman–Crippen MR) is 155 cm³/mol. The smallest absolute Gasteiger partial charge is 0.263 e. The summed E-state index contributed by atoms with van der Waals surface area (Å²) in [6.07, 6.45) is 6.08. The zero-order valence-electron chi connectivity index (χ0n) is 22.6. The fourth-order valence-electron chi connectivity index (χ4n) is 5.92. The fourth-order valence-corrected chi connectivity index (χ4v) is 5.92. The maximum atomic E-state index is 13.9. The van der Waals surface area contributed by atoms with Crippen LogP contribution in [0.3, 0.4) is 0 Å². The van der Waals surface area contributed by atoms with Gasteiger partial charge in [-0.15, -0.1) is 0 Å². The Morgan fingerprint density at radius 2 is 1.76 bits per heavy atom. The van der Waals surface area contributed by atoms with E-state index >= 15 is 0 Å². The molecule has 1 saturated heterocycles. The van der Waals surface area contributed by atoms with Gasteiger partial charge in [-0.25, -0.2) is 4.98 Å². The summed E-state index contributed by atoms with van der Waals surface area (Å²) in [5, 5.41) is 7.17. The van der Waals surface area contributed by atoms with Crippen LogP contribution in [0, 0.1) is 5.92 Å². The van der Waals surface area contributed by atoms with Crippen molar-refractivity contribution in [3.8, 4) is 5.75 Å². The highest BCUT2D eigenvalue weighted by atomic mass is 16.5. The number of anilines is 2. The Morgan fingerprint density at radius 1 is 0.976 bits per heavy atom. The van der Waals surface area contributed by atoms with Gasteiger partial charge in [0.2, 0.25) is 5.95 Å². The van der Waals surface area contributed by atoms with E-state index in [1.54, 1.807) is 16.8 Å². The molecule has 0 bridgehead atoms. The molecule has 0 amide bonds. The van der Waals surface area contributed by atoms with Crippen LogP contribution in [-0.4, -0.2) is 45.3 Å². The summed E-state index contributed by atoms with van der Waals surface area (Å²) in [4.78, 5) is 49.3. The van der Waals surface area contributed by atoms with Gasteiger partial charge in [0.15, 0.2) is 11.6 Å². The first-order valence-electron chi connectivity index (χ1n) is 14.4. The molecular formula is C32H31N5O4. The Bertz CT molecular complexity index is 1700. The number of benzene rings is 2. The van der Waals surface area contributed by atoms with E-state index in [-0.39, 0.29) is 35.6 Å². The molecule has 1 atom stereocenters. The van der Waals surface area contributed by atoms with Crippen molar-refractivity contribution in [2.24, 2.45) is 5.92 Å². The van der Waals surface area contributed by atoms with E-state index < -0.39 is 11.6 Å². The highest BCUT2D eigenvalue weighted by Gasteiger charge is 2.35. The minimum atomic E-state index is -0.450. The van der Waals surface area contributed by atoms with E-state index in [9.17, 15) is 14.4 Å². The zero-order chi connectivity index (χ0) is 27.9. The number of ether oxygens (including phenoxy) is 1. The minimum absolute atomic E-state index is 0.0185. The highest BCUT2D eigenvalue weighted by molar-refractivity contribution is 6.01. The highest BCUT2D eigenvalue weighted by Crippen LogP contribution is 2.34. The molecule has 3 aliphatic rings. The predicted octanol–water partition coefficient (Wildman–Crippen LogP) is 4.63. The van der Waals surface area contributed by atoms with Crippen LogP contribution in [0.2, 0.25) is 0 Å². The number of hydrogen-bond donors (Lipinski definition) is 2. The van der Waals surface area contributed by atoms with Gasteiger partial charge in [0.1, 0.15) is 17.5 Å². The van der Waals surface area contributed by atoms with Gasteiger partial charge in [-0.1, -0.05) is 24.3 Å². The molecule has 3 heterocycles. The molecule has 1 unspecified atom stereocenters. The molecule has 7 rings (SSSR count). The van der Waals surface area contributed by atoms with Crippen LogP contribution >= 0.6 is 0 Å². The van der Waals surface area contributed by atoms with Crippen molar-refractivity contribution in [1.82, 2.24) is 19.9 Å². The van der Waals surface area contributed by atoms with Crippen LogP contribution in [0.25, 0.3) is 11.0 Å². The lowest BCUT2D eigenvalue weighted by molar-refractivity contribution is 0.0951. The van der Waals surface area contributed by atoms with E-state index in [0.29, 0.717) is 29.0 Å². The second-order valence-electron chi connectivity index (χ2n) is 11.2. The standard InChI is InChI=1S/C32H31N5O4/c38-28-17-23(15-20-3-1-2-4-26(20)28)37-30-21(16-27(31(37)40)29(39)19-5-6-19)18-34-32(36-30)35-22-7-9-24(10-8-22)41-25-11-13-33-14-12-25/h1-4,7-10,16,18-19,23,25,33H,5-6,11-15,17H2,(H,34,35,36). The molecule has 2 aliphatic carbocycles. The molecule has 1 aliphatic heterocycles. The normalized spacial score (nSPS) is 19.1. The van der Waals surface area contributed by atoms with Crippen LogP contribution in [-0.2, 0) is 6.42 Å². The molecule has 41 heavy (non-hydrogen) atoms. The Hall–Kier alpha value is -4.37. The fraction of sp³-hybridized carbons (Fsp3) is 0.344. The lowest BCUT2D eigenvalue weighted by Gasteiger charge is -2.27. The lowest BCUT2D eigenvalue weighted by Crippen LogP contribution is -2.34. The number of fused-ring (bicyclic) bond motifs is 2. The summed E-state index contributed by atoms with van der Waals surface area (Å²) in [6, 6.07) is 16.3. The van der Waals surface area contributed by atoms with Crippen LogP contribution in [0.5, 0.6) is 5.75 Å². The first-order valence-corrected chi connectivity index (χ1v) is 14.4. The third-order valence-electron chi connectivity index (χ3n) is 8.25. The third-order valence-corrected chi connectivity index (χ3v) is 8.25. The summed E-state index contributed by atoms with van der Waals surface area (Å²) in [7, 11) is 0. The first kappa shape index (κ1) is 25.6. The summed E-state index contributed by atoms with van der Waals surface area (Å²) in [6.45, 7) is 1.93. The first-order chi connectivity index (χ1) is 20.0. The second kappa shape index (κ2) is 10.6. The molecule has 2 fully saturated rings. The number of rotatable bonds is 7. The number of piperidine rings is 1. The number of nitrogens with zero attached hydrogens (tertiary/aromatic N) is 3. The van der Waals surface area contributed by atoms with Crippen LogP contribution in [0.4, 0.5) is 11.6 Å². The number of carbonyl (C=O) groups is 2. The van der Waals surface area contributed by atoms with Gasteiger partial charge in [-0.2, -0.15) is 4.98 Å². The molecule has 208 valence electrons. The topological polar surface area (TPSA) is 115 Å². The summed E-state index contributed by atoms with van der Waals surface area (Å²) in [5.74, 6) is 0.871. The van der Waals surface area contributed by atoms with E-state index in [2.05, 4.69) is 15.6 Å². The number of Topliss-reactive ketones (excluding diaryl/α,β-unsaturated/α-hetero) is 2. The SMILES string of the molecule is O=C1CC(n2c(=O)c(C(=O)C3CC3)cc3cnc(Nc4ccc(OC5CCNCC5)cc4)nc32)Cc2ccccc21. The maximum Gasteiger partial charge on any atom is 0.263 e. The molecule has 2 aromatic carbocycles. The number of hydrogen-bond acceptors (Lipinski definition) is 8. The lowest BCUT2D eigenvalue weighted by atomic mass is 9.87. The Kier molecular flexibility index (Phi) is 6.59. The minimum Gasteiger partial charge on any atom is -0.490 e. The largest absolute Gasteiger partial charge is 0.490 e. The van der Waals surface area contributed by atoms with Gasteiger partial charge >= 0.3 is 0 Å². The van der Waals surface area contributed by atoms with Crippen molar-refractivity contribution in [2.45, 2.75) is 50.7 Å². The molecule has 0 spiro atoms. The molecule has 1 saturated carbocycles. The van der Waals surface area contributed by atoms with Gasteiger partial charge in [0, 0.05) is 35.2 Å². The average Bonchev–Trinajstić information content (AvgIpc) is 3.84. The number of ketones is 2. The number of carbonyl (C=O) groups excluding carboxylic acids is 2. The van der Waals surface area contributed by atoms with Crippen LogP contribution < -0.4 is 20.9 Å². The summed E-state index contributed by atoms with van der Waals surface area (Å²) >= 11 is 0. The average molecular weight is 550 g/mol. The van der Waals surface area contributed by atoms with Crippen molar-refractivity contribution in [2.75, 3.05) is 18.4 Å². The van der Waals surface area contributed by atoms with Crippen LogP contribution in [0.1, 0.15) is 64.4 Å². The van der Waals surface area contributed by atoms with Gasteiger partial charge in [-0.05, 0) is 81.1 Å². The summed E-state index contributed by atoms with van der Waals surface area (Å²) < 4.78 is 7.66. The maximum absolute atomic E-state index is 13.9. The van der Waals surface area contributed by atoms with Gasteiger partial charge in [0.25, 0.3) is 5.56 Å². The van der Waals surface area contributed by atoms with Crippen molar-refractivity contribution in [1.29, 1.82) is 0 Å². The number of aromatic nitrogens is 3. The molecule has 9 nitrogen and oxygen atoms in total. The quantitative estimate of drug-likeness (QED) is 0.321. The van der Waals surface area contributed by atoms with E-state index in [0.717, 1.165) is 55.8 Å². The Labute approximate surface area is 237 Å². The van der Waals surface area contributed by atoms with E-state index in [4.69, 9.17) is 9.72 Å². The summed E-state index contributed by atoms with van der Waals surface area (Å²) in [5.41, 5.74) is 2.53.